The van der Waals surface area contributed by atoms with E-state index in [1.807, 2.05) is 11.0 Å². The SMILES string of the molecule is COc1cc(C(=O)NCC2CCCCC2)ccc1OC1CCN(C(C)=O)CC1. The maximum atomic E-state index is 12.5. The standard InChI is InChI=1S/C22H32N2O4/c1-16(25)24-12-10-19(11-13-24)28-20-9-8-18(14-21(20)27-2)22(26)23-15-17-6-4-3-5-7-17/h8-9,14,17,19H,3-7,10-13,15H2,1-2H3,(H,23,26). The van der Waals surface area contributed by atoms with Crippen molar-refractivity contribution in [3.63, 3.8) is 0 Å². The van der Waals surface area contributed by atoms with Crippen LogP contribution in [0, 0.1) is 5.92 Å². The van der Waals surface area contributed by atoms with Crippen molar-refractivity contribution in [1.29, 1.82) is 0 Å². The van der Waals surface area contributed by atoms with Crippen LogP contribution >= 0.6 is 0 Å². The van der Waals surface area contributed by atoms with E-state index in [9.17, 15) is 9.59 Å². The Morgan fingerprint density at radius 3 is 2.43 bits per heavy atom. The van der Waals surface area contributed by atoms with Crippen molar-refractivity contribution >= 4 is 11.8 Å². The van der Waals surface area contributed by atoms with Gasteiger partial charge in [-0.25, -0.2) is 0 Å². The molecular weight excluding hydrogens is 356 g/mol. The first-order valence-electron chi connectivity index (χ1n) is 10.4. The summed E-state index contributed by atoms with van der Waals surface area (Å²) in [5.41, 5.74) is 0.589. The highest BCUT2D eigenvalue weighted by Gasteiger charge is 2.23. The molecule has 154 valence electrons. The molecular formula is C22H32N2O4. The van der Waals surface area contributed by atoms with E-state index in [4.69, 9.17) is 9.47 Å². The van der Waals surface area contributed by atoms with Gasteiger partial charge in [-0.1, -0.05) is 19.3 Å². The summed E-state index contributed by atoms with van der Waals surface area (Å²) in [6.07, 6.45) is 7.92. The van der Waals surface area contributed by atoms with Crippen LogP contribution in [0.15, 0.2) is 18.2 Å². The average Bonchev–Trinajstić information content (AvgIpc) is 2.73. The highest BCUT2D eigenvalue weighted by molar-refractivity contribution is 5.94. The number of methoxy groups -OCH3 is 1. The second-order valence-corrected chi connectivity index (χ2v) is 7.90. The van der Waals surface area contributed by atoms with Gasteiger partial charge >= 0.3 is 0 Å². The molecule has 0 spiro atoms. The molecule has 2 fully saturated rings. The number of hydrogen-bond donors (Lipinski definition) is 1. The van der Waals surface area contributed by atoms with E-state index in [1.165, 1.54) is 32.1 Å². The topological polar surface area (TPSA) is 67.9 Å². The van der Waals surface area contributed by atoms with Gasteiger partial charge in [0, 0.05) is 45.0 Å². The van der Waals surface area contributed by atoms with Gasteiger partial charge in [-0.15, -0.1) is 0 Å². The predicted octanol–water partition coefficient (Wildman–Crippen LogP) is 3.40. The molecule has 1 aromatic carbocycles. The Balaban J connectivity index is 1.55. The Morgan fingerprint density at radius 2 is 1.79 bits per heavy atom. The van der Waals surface area contributed by atoms with Gasteiger partial charge in [0.05, 0.1) is 7.11 Å². The number of carbonyl (C=O) groups is 2. The quantitative estimate of drug-likeness (QED) is 0.811. The van der Waals surface area contributed by atoms with Crippen molar-refractivity contribution in [1.82, 2.24) is 10.2 Å². The van der Waals surface area contributed by atoms with Gasteiger partial charge in [0.15, 0.2) is 11.5 Å². The third kappa shape index (κ3) is 5.40. The molecule has 1 heterocycles. The summed E-state index contributed by atoms with van der Waals surface area (Å²) < 4.78 is 11.6. The summed E-state index contributed by atoms with van der Waals surface area (Å²) in [5, 5.41) is 3.06. The van der Waals surface area contributed by atoms with Crippen molar-refractivity contribution < 1.29 is 19.1 Å². The van der Waals surface area contributed by atoms with Gasteiger partial charge in [-0.3, -0.25) is 9.59 Å². The van der Waals surface area contributed by atoms with Crippen LogP contribution in [0.2, 0.25) is 0 Å². The summed E-state index contributed by atoms with van der Waals surface area (Å²) in [4.78, 5) is 25.8. The first-order chi connectivity index (χ1) is 13.6. The monoisotopic (exact) mass is 388 g/mol. The van der Waals surface area contributed by atoms with Crippen LogP contribution in [0.25, 0.3) is 0 Å². The fraction of sp³-hybridized carbons (Fsp3) is 0.636. The summed E-state index contributed by atoms with van der Waals surface area (Å²) in [5.74, 6) is 1.86. The minimum Gasteiger partial charge on any atom is -0.493 e. The number of hydrogen-bond acceptors (Lipinski definition) is 4. The van der Waals surface area contributed by atoms with Crippen molar-refractivity contribution in [2.75, 3.05) is 26.7 Å². The van der Waals surface area contributed by atoms with Gasteiger partial charge in [-0.2, -0.15) is 0 Å². The normalized spacial score (nSPS) is 18.6. The van der Waals surface area contributed by atoms with E-state index >= 15 is 0 Å². The molecule has 1 aromatic rings. The second-order valence-electron chi connectivity index (χ2n) is 7.90. The van der Waals surface area contributed by atoms with Crippen LogP contribution in [0.3, 0.4) is 0 Å². The van der Waals surface area contributed by atoms with Gasteiger partial charge < -0.3 is 19.7 Å². The summed E-state index contributed by atoms with van der Waals surface area (Å²) in [7, 11) is 1.59. The molecule has 1 aliphatic carbocycles. The Morgan fingerprint density at radius 1 is 1.07 bits per heavy atom. The van der Waals surface area contributed by atoms with E-state index in [0.29, 0.717) is 36.1 Å². The number of ether oxygens (including phenoxy) is 2. The molecule has 6 heteroatoms. The number of rotatable bonds is 6. The largest absolute Gasteiger partial charge is 0.493 e. The number of benzene rings is 1. The van der Waals surface area contributed by atoms with Gasteiger partial charge in [0.25, 0.3) is 5.91 Å². The Kier molecular flexibility index (Phi) is 7.18. The zero-order valence-corrected chi connectivity index (χ0v) is 17.0. The molecule has 1 saturated heterocycles. The number of carbonyl (C=O) groups excluding carboxylic acids is 2. The number of nitrogens with zero attached hydrogens (tertiary/aromatic N) is 1. The molecule has 1 saturated carbocycles. The lowest BCUT2D eigenvalue weighted by atomic mass is 9.89. The molecule has 2 amide bonds. The maximum absolute atomic E-state index is 12.5. The van der Waals surface area contributed by atoms with Gasteiger partial charge in [-0.05, 0) is 37.0 Å². The summed E-state index contributed by atoms with van der Waals surface area (Å²) in [6, 6.07) is 5.35. The molecule has 2 aliphatic rings. The predicted molar refractivity (Wildman–Crippen MR) is 108 cm³/mol. The van der Waals surface area contributed by atoms with Gasteiger partial charge in [0.1, 0.15) is 6.10 Å². The molecule has 0 aromatic heterocycles. The van der Waals surface area contributed by atoms with Crippen LogP contribution in [0.5, 0.6) is 11.5 Å². The van der Waals surface area contributed by atoms with Crippen molar-refractivity contribution in [3.8, 4) is 11.5 Å². The molecule has 0 bridgehead atoms. The molecule has 0 radical (unpaired) electrons. The van der Waals surface area contributed by atoms with E-state index in [0.717, 1.165) is 19.4 Å². The molecule has 1 aliphatic heterocycles. The zero-order chi connectivity index (χ0) is 19.9. The minimum atomic E-state index is -0.0646. The number of nitrogens with one attached hydrogen (secondary N) is 1. The fourth-order valence-corrected chi connectivity index (χ4v) is 4.10. The summed E-state index contributed by atoms with van der Waals surface area (Å²) in [6.45, 7) is 3.77. The smallest absolute Gasteiger partial charge is 0.251 e. The summed E-state index contributed by atoms with van der Waals surface area (Å²) >= 11 is 0. The Hall–Kier alpha value is -2.24. The lowest BCUT2D eigenvalue weighted by Crippen LogP contribution is -2.40. The van der Waals surface area contributed by atoms with Crippen LogP contribution in [0.4, 0.5) is 0 Å². The number of amides is 2. The van der Waals surface area contributed by atoms with E-state index in [-0.39, 0.29) is 17.9 Å². The highest BCUT2D eigenvalue weighted by Crippen LogP contribution is 2.31. The first kappa shape index (κ1) is 20.5. The highest BCUT2D eigenvalue weighted by atomic mass is 16.5. The fourth-order valence-electron chi connectivity index (χ4n) is 4.10. The van der Waals surface area contributed by atoms with Gasteiger partial charge in [0.2, 0.25) is 5.91 Å². The number of likely N-dealkylation sites (tertiary alicyclic amines) is 1. The van der Waals surface area contributed by atoms with E-state index in [2.05, 4.69) is 5.32 Å². The third-order valence-corrected chi connectivity index (χ3v) is 5.88. The van der Waals surface area contributed by atoms with E-state index in [1.54, 1.807) is 26.2 Å². The average molecular weight is 389 g/mol. The Bertz CT molecular complexity index is 677. The van der Waals surface area contributed by atoms with Crippen molar-refractivity contribution in [2.45, 2.75) is 58.0 Å². The van der Waals surface area contributed by atoms with Crippen molar-refractivity contribution in [3.05, 3.63) is 23.8 Å². The van der Waals surface area contributed by atoms with E-state index < -0.39 is 0 Å². The van der Waals surface area contributed by atoms with Crippen LogP contribution < -0.4 is 14.8 Å². The van der Waals surface area contributed by atoms with Crippen LogP contribution in [0.1, 0.15) is 62.2 Å². The Labute approximate surface area is 167 Å². The molecule has 28 heavy (non-hydrogen) atoms. The zero-order valence-electron chi connectivity index (χ0n) is 17.0. The number of piperidine rings is 1. The second kappa shape index (κ2) is 9.80. The third-order valence-electron chi connectivity index (χ3n) is 5.88. The maximum Gasteiger partial charge on any atom is 0.251 e. The lowest BCUT2D eigenvalue weighted by Gasteiger charge is -2.31. The molecule has 0 atom stereocenters. The van der Waals surface area contributed by atoms with Crippen molar-refractivity contribution in [2.24, 2.45) is 5.92 Å². The molecule has 3 rings (SSSR count). The van der Waals surface area contributed by atoms with Crippen LogP contribution in [-0.2, 0) is 4.79 Å². The first-order valence-corrected chi connectivity index (χ1v) is 10.4. The lowest BCUT2D eigenvalue weighted by molar-refractivity contribution is -0.130. The van der Waals surface area contributed by atoms with Crippen LogP contribution in [-0.4, -0.2) is 49.6 Å². The molecule has 6 nitrogen and oxygen atoms in total. The minimum absolute atomic E-state index is 0.0514. The molecule has 0 unspecified atom stereocenters. The molecule has 1 N–H and O–H groups in total.